The number of oxazole rings is 1. The number of benzene rings is 4. The van der Waals surface area contributed by atoms with Crippen molar-refractivity contribution >= 4 is 22.5 Å². The lowest BCUT2D eigenvalue weighted by Crippen LogP contribution is -1.94. The summed E-state index contributed by atoms with van der Waals surface area (Å²) in [7, 11) is 1.60. The molecule has 162 valence electrons. The van der Waals surface area contributed by atoms with Gasteiger partial charge in [-0.1, -0.05) is 42.5 Å². The largest absolute Gasteiger partial charge is 0.494 e. The van der Waals surface area contributed by atoms with Crippen LogP contribution >= 0.6 is 0 Å². The van der Waals surface area contributed by atoms with Gasteiger partial charge in [0.25, 0.3) is 0 Å². The van der Waals surface area contributed by atoms with Crippen molar-refractivity contribution < 1.29 is 13.9 Å². The van der Waals surface area contributed by atoms with E-state index in [2.05, 4.69) is 15.2 Å². The Morgan fingerprint density at radius 2 is 1.61 bits per heavy atom. The Labute approximate surface area is 191 Å². The van der Waals surface area contributed by atoms with Crippen molar-refractivity contribution in [1.29, 1.82) is 0 Å². The van der Waals surface area contributed by atoms with Crippen molar-refractivity contribution in [1.82, 2.24) is 4.98 Å². The van der Waals surface area contributed by atoms with Gasteiger partial charge >= 0.3 is 0 Å². The first-order chi connectivity index (χ1) is 16.3. The van der Waals surface area contributed by atoms with Crippen LogP contribution in [-0.4, -0.2) is 12.1 Å². The number of rotatable bonds is 7. The summed E-state index contributed by atoms with van der Waals surface area (Å²) >= 11 is 0. The van der Waals surface area contributed by atoms with Crippen molar-refractivity contribution in [3.8, 4) is 23.0 Å². The number of ether oxygens (including phenoxy) is 2. The monoisotopic (exact) mass is 435 g/mol. The lowest BCUT2D eigenvalue weighted by atomic mass is 10.2. The number of azo groups is 1. The van der Waals surface area contributed by atoms with Crippen LogP contribution in [0.4, 0.5) is 11.4 Å². The molecule has 0 radical (unpaired) electrons. The van der Waals surface area contributed by atoms with E-state index in [0.717, 1.165) is 28.0 Å². The first-order valence-corrected chi connectivity index (χ1v) is 10.5. The van der Waals surface area contributed by atoms with Gasteiger partial charge in [0.05, 0.1) is 12.8 Å². The van der Waals surface area contributed by atoms with Gasteiger partial charge in [-0.2, -0.15) is 5.11 Å². The Kier molecular flexibility index (Phi) is 5.80. The Hall–Kier alpha value is -4.45. The van der Waals surface area contributed by atoms with E-state index in [4.69, 9.17) is 13.9 Å². The standard InChI is InChI=1S/C27H21N3O3/c1-31-25-16-11-20(27-28-23-9-5-6-10-26(23)33-27)17-24(25)30-29-21-12-14-22(15-13-21)32-18-19-7-3-2-4-8-19/h2-17H,18H2,1H3/b30-29+. The number of aromatic nitrogens is 1. The van der Waals surface area contributed by atoms with Gasteiger partial charge in [-0.05, 0) is 60.2 Å². The van der Waals surface area contributed by atoms with Crippen LogP contribution in [0, 0.1) is 0 Å². The van der Waals surface area contributed by atoms with Crippen LogP contribution in [-0.2, 0) is 6.61 Å². The molecule has 0 saturated heterocycles. The van der Waals surface area contributed by atoms with Crippen LogP contribution in [0.2, 0.25) is 0 Å². The molecule has 0 spiro atoms. The topological polar surface area (TPSA) is 69.2 Å². The third-order valence-electron chi connectivity index (χ3n) is 5.08. The van der Waals surface area contributed by atoms with E-state index in [1.165, 1.54) is 0 Å². The van der Waals surface area contributed by atoms with E-state index in [1.807, 2.05) is 97.1 Å². The fraction of sp³-hybridized carbons (Fsp3) is 0.0741. The summed E-state index contributed by atoms with van der Waals surface area (Å²) in [6.07, 6.45) is 0. The highest BCUT2D eigenvalue weighted by Gasteiger charge is 2.11. The van der Waals surface area contributed by atoms with Gasteiger partial charge in [-0.25, -0.2) is 4.98 Å². The zero-order valence-corrected chi connectivity index (χ0v) is 18.0. The smallest absolute Gasteiger partial charge is 0.227 e. The fourth-order valence-electron chi connectivity index (χ4n) is 3.36. The number of hydrogen-bond acceptors (Lipinski definition) is 6. The third kappa shape index (κ3) is 4.75. The molecule has 0 atom stereocenters. The molecule has 0 aliphatic heterocycles. The Morgan fingerprint density at radius 3 is 2.39 bits per heavy atom. The summed E-state index contributed by atoms with van der Waals surface area (Å²) in [6, 6.07) is 30.8. The maximum absolute atomic E-state index is 5.88. The second-order valence-electron chi connectivity index (χ2n) is 7.34. The average molecular weight is 435 g/mol. The molecular formula is C27H21N3O3. The lowest BCUT2D eigenvalue weighted by molar-refractivity contribution is 0.306. The highest BCUT2D eigenvalue weighted by atomic mass is 16.5. The molecule has 1 heterocycles. The number of methoxy groups -OCH3 is 1. The SMILES string of the molecule is COc1ccc(-c2nc3ccccc3o2)cc1/N=N/c1ccc(OCc2ccccc2)cc1. The highest BCUT2D eigenvalue weighted by molar-refractivity contribution is 5.77. The number of nitrogens with zero attached hydrogens (tertiary/aromatic N) is 3. The fourth-order valence-corrected chi connectivity index (χ4v) is 3.36. The highest BCUT2D eigenvalue weighted by Crippen LogP contribution is 2.34. The molecule has 0 saturated carbocycles. The second-order valence-corrected chi connectivity index (χ2v) is 7.34. The van der Waals surface area contributed by atoms with Crippen LogP contribution < -0.4 is 9.47 Å². The summed E-state index contributed by atoms with van der Waals surface area (Å²) in [6.45, 7) is 0.515. The van der Waals surface area contributed by atoms with E-state index in [1.54, 1.807) is 7.11 Å². The number of fused-ring (bicyclic) bond motifs is 1. The Morgan fingerprint density at radius 1 is 0.818 bits per heavy atom. The van der Waals surface area contributed by atoms with Crippen LogP contribution in [0.25, 0.3) is 22.6 Å². The first-order valence-electron chi connectivity index (χ1n) is 10.5. The number of para-hydroxylation sites is 2. The molecule has 0 amide bonds. The van der Waals surface area contributed by atoms with E-state index >= 15 is 0 Å². The lowest BCUT2D eigenvalue weighted by Gasteiger charge is -2.06. The van der Waals surface area contributed by atoms with E-state index in [9.17, 15) is 0 Å². The summed E-state index contributed by atoms with van der Waals surface area (Å²) in [5.41, 5.74) is 4.75. The molecular weight excluding hydrogens is 414 g/mol. The summed E-state index contributed by atoms with van der Waals surface area (Å²) in [4.78, 5) is 4.55. The first kappa shape index (κ1) is 20.5. The minimum absolute atomic E-state index is 0.515. The minimum atomic E-state index is 0.515. The molecule has 1 aromatic heterocycles. The molecule has 5 rings (SSSR count). The maximum Gasteiger partial charge on any atom is 0.227 e. The van der Waals surface area contributed by atoms with Crippen molar-refractivity contribution in [3.63, 3.8) is 0 Å². The minimum Gasteiger partial charge on any atom is -0.494 e. The van der Waals surface area contributed by atoms with Crippen LogP contribution in [0.3, 0.4) is 0 Å². The van der Waals surface area contributed by atoms with Crippen molar-refractivity contribution in [2.24, 2.45) is 10.2 Å². The van der Waals surface area contributed by atoms with Gasteiger partial charge in [-0.3, -0.25) is 0 Å². The molecule has 0 unspecified atom stereocenters. The Bertz CT molecular complexity index is 1360. The summed E-state index contributed by atoms with van der Waals surface area (Å²) < 4.78 is 17.2. The normalized spacial score (nSPS) is 11.2. The maximum atomic E-state index is 5.88. The summed E-state index contributed by atoms with van der Waals surface area (Å²) in [5, 5.41) is 8.76. The molecule has 6 nitrogen and oxygen atoms in total. The van der Waals surface area contributed by atoms with Crippen LogP contribution in [0.15, 0.2) is 112 Å². The molecule has 5 aromatic rings. The van der Waals surface area contributed by atoms with Crippen molar-refractivity contribution in [3.05, 3.63) is 103 Å². The van der Waals surface area contributed by atoms with Crippen LogP contribution in [0.5, 0.6) is 11.5 Å². The molecule has 0 bridgehead atoms. The van der Waals surface area contributed by atoms with E-state index in [-0.39, 0.29) is 0 Å². The van der Waals surface area contributed by atoms with Gasteiger partial charge in [-0.15, -0.1) is 5.11 Å². The molecule has 6 heteroatoms. The third-order valence-corrected chi connectivity index (χ3v) is 5.08. The molecule has 0 aliphatic rings. The quantitative estimate of drug-likeness (QED) is 0.248. The van der Waals surface area contributed by atoms with Crippen molar-refractivity contribution in [2.75, 3.05) is 7.11 Å². The van der Waals surface area contributed by atoms with E-state index in [0.29, 0.717) is 29.6 Å². The number of hydrogen-bond donors (Lipinski definition) is 0. The Balaban J connectivity index is 1.33. The predicted molar refractivity (Wildman–Crippen MR) is 127 cm³/mol. The zero-order chi connectivity index (χ0) is 22.5. The van der Waals surface area contributed by atoms with Crippen molar-refractivity contribution in [2.45, 2.75) is 6.61 Å². The van der Waals surface area contributed by atoms with Gasteiger partial charge in [0.15, 0.2) is 5.58 Å². The van der Waals surface area contributed by atoms with Gasteiger partial charge < -0.3 is 13.9 Å². The molecule has 33 heavy (non-hydrogen) atoms. The van der Waals surface area contributed by atoms with Gasteiger partial charge in [0.2, 0.25) is 5.89 Å². The molecule has 0 aliphatic carbocycles. The van der Waals surface area contributed by atoms with E-state index < -0.39 is 0 Å². The predicted octanol–water partition coefficient (Wildman–Crippen LogP) is 7.50. The molecule has 0 N–H and O–H groups in total. The van der Waals surface area contributed by atoms with Gasteiger partial charge in [0.1, 0.15) is 29.3 Å². The molecule has 0 fully saturated rings. The summed E-state index contributed by atoms with van der Waals surface area (Å²) in [5.74, 6) is 1.91. The molecule has 4 aromatic carbocycles. The zero-order valence-electron chi connectivity index (χ0n) is 18.0. The average Bonchev–Trinajstić information content (AvgIpc) is 3.32. The van der Waals surface area contributed by atoms with Crippen LogP contribution in [0.1, 0.15) is 5.56 Å². The second kappa shape index (κ2) is 9.36. The van der Waals surface area contributed by atoms with Gasteiger partial charge in [0, 0.05) is 5.56 Å².